The lowest BCUT2D eigenvalue weighted by atomic mass is 9.70. The van der Waals surface area contributed by atoms with Gasteiger partial charge in [0.15, 0.2) is 5.78 Å². The molecule has 0 heterocycles. The van der Waals surface area contributed by atoms with E-state index in [4.69, 9.17) is 0 Å². The Hall–Kier alpha value is -2.50. The number of hydrogen-bond donors (Lipinski definition) is 0. The van der Waals surface area contributed by atoms with Crippen LogP contribution in [0.2, 0.25) is 0 Å². The van der Waals surface area contributed by atoms with E-state index >= 15 is 0 Å². The number of carbonyl (C=O) groups excluding carboxylic acids is 1. The van der Waals surface area contributed by atoms with Crippen LogP contribution in [0.4, 0.5) is 0 Å². The summed E-state index contributed by atoms with van der Waals surface area (Å²) in [4.78, 5) is 12.6. The maximum atomic E-state index is 12.6. The van der Waals surface area contributed by atoms with Crippen LogP contribution in [0.1, 0.15) is 44.7 Å². The number of allylic oxidation sites excluding steroid dienone is 2. The van der Waals surface area contributed by atoms with E-state index in [-0.39, 0.29) is 5.41 Å². The predicted molar refractivity (Wildman–Crippen MR) is 131 cm³/mol. The number of carbonyl (C=O) groups is 1. The molecule has 1 aliphatic carbocycles. The van der Waals surface area contributed by atoms with E-state index in [1.54, 1.807) is 0 Å². The number of aryl methyl sites for hydroxylation is 1. The number of Topliss-reactive ketones (excluding diaryl/α,β-unsaturated/α-hetero) is 1. The number of benzene rings is 3. The molecule has 0 unspecified atom stereocenters. The lowest BCUT2D eigenvalue weighted by Crippen LogP contribution is -2.26. The molecule has 0 amide bonds. The standard InChI is InChI=1S/C28H29OP/c1-20-17-22(27-21(2)26(29)15-16-28(27,3)4)19-25(18-20)30(23-11-7-5-8-12-23)24-13-9-6-10-14-24/h5-14,17-19H,15-16H2,1-4H3. The van der Waals surface area contributed by atoms with Gasteiger partial charge in [-0.3, -0.25) is 4.79 Å². The van der Waals surface area contributed by atoms with Crippen LogP contribution < -0.4 is 15.9 Å². The Balaban J connectivity index is 1.92. The molecule has 0 bridgehead atoms. The van der Waals surface area contributed by atoms with Crippen molar-refractivity contribution in [3.8, 4) is 0 Å². The van der Waals surface area contributed by atoms with E-state index in [2.05, 4.69) is 99.6 Å². The van der Waals surface area contributed by atoms with E-state index in [0.29, 0.717) is 12.2 Å². The highest BCUT2D eigenvalue weighted by Crippen LogP contribution is 2.45. The second kappa shape index (κ2) is 8.32. The smallest absolute Gasteiger partial charge is 0.158 e. The molecule has 0 aliphatic heterocycles. The monoisotopic (exact) mass is 412 g/mol. The molecule has 0 fully saturated rings. The van der Waals surface area contributed by atoms with Crippen molar-refractivity contribution in [3.05, 3.63) is 95.6 Å². The van der Waals surface area contributed by atoms with Gasteiger partial charge in [0.2, 0.25) is 0 Å². The van der Waals surface area contributed by atoms with Crippen molar-refractivity contribution in [2.75, 3.05) is 0 Å². The molecule has 3 aromatic carbocycles. The van der Waals surface area contributed by atoms with E-state index in [1.165, 1.54) is 32.6 Å². The largest absolute Gasteiger partial charge is 0.295 e. The van der Waals surface area contributed by atoms with Crippen LogP contribution in [0.3, 0.4) is 0 Å². The molecule has 4 rings (SSSR count). The first-order valence-corrected chi connectivity index (χ1v) is 12.0. The Kier molecular flexibility index (Phi) is 5.76. The molecule has 0 aromatic heterocycles. The first-order valence-electron chi connectivity index (χ1n) is 10.6. The zero-order chi connectivity index (χ0) is 21.3. The molecule has 30 heavy (non-hydrogen) atoms. The van der Waals surface area contributed by atoms with E-state index in [9.17, 15) is 4.79 Å². The second-order valence-electron chi connectivity index (χ2n) is 8.87. The van der Waals surface area contributed by atoms with Crippen molar-refractivity contribution in [1.82, 2.24) is 0 Å². The summed E-state index contributed by atoms with van der Waals surface area (Å²) in [6.45, 7) is 8.73. The summed E-state index contributed by atoms with van der Waals surface area (Å²) in [5.41, 5.74) is 4.62. The van der Waals surface area contributed by atoms with Gasteiger partial charge >= 0.3 is 0 Å². The molecule has 1 aliphatic rings. The summed E-state index contributed by atoms with van der Waals surface area (Å²) in [6, 6.07) is 28.5. The summed E-state index contributed by atoms with van der Waals surface area (Å²) in [5, 5.41) is 4.03. The maximum absolute atomic E-state index is 12.6. The molecule has 0 N–H and O–H groups in total. The summed E-state index contributed by atoms with van der Waals surface area (Å²) in [7, 11) is -0.663. The fraction of sp³-hybridized carbons (Fsp3) is 0.250. The highest BCUT2D eigenvalue weighted by atomic mass is 31.1. The van der Waals surface area contributed by atoms with Crippen molar-refractivity contribution in [2.24, 2.45) is 5.41 Å². The zero-order valence-electron chi connectivity index (χ0n) is 18.3. The van der Waals surface area contributed by atoms with Crippen LogP contribution in [0.25, 0.3) is 5.57 Å². The Bertz CT molecular complexity index is 1050. The van der Waals surface area contributed by atoms with E-state index in [0.717, 1.165) is 12.0 Å². The third kappa shape index (κ3) is 4.05. The topological polar surface area (TPSA) is 17.1 Å². The van der Waals surface area contributed by atoms with Gasteiger partial charge in [0.05, 0.1) is 0 Å². The average molecular weight is 413 g/mol. The fourth-order valence-corrected chi connectivity index (χ4v) is 7.07. The van der Waals surface area contributed by atoms with Gasteiger partial charge in [-0.15, -0.1) is 0 Å². The predicted octanol–water partition coefficient (Wildman–Crippen LogP) is 5.92. The quantitative estimate of drug-likeness (QED) is 0.487. The molecule has 0 spiro atoms. The molecule has 152 valence electrons. The molecule has 3 aromatic rings. The van der Waals surface area contributed by atoms with Crippen molar-refractivity contribution in [1.29, 1.82) is 0 Å². The van der Waals surface area contributed by atoms with Crippen LogP contribution in [0.5, 0.6) is 0 Å². The number of rotatable bonds is 4. The van der Waals surface area contributed by atoms with Crippen LogP contribution in [-0.2, 0) is 4.79 Å². The minimum Gasteiger partial charge on any atom is -0.295 e. The summed E-state index contributed by atoms with van der Waals surface area (Å²) < 4.78 is 0. The molecule has 0 saturated carbocycles. The van der Waals surface area contributed by atoms with E-state index in [1.807, 2.05) is 6.92 Å². The van der Waals surface area contributed by atoms with Gasteiger partial charge in [-0.25, -0.2) is 0 Å². The van der Waals surface area contributed by atoms with Gasteiger partial charge in [-0.1, -0.05) is 86.6 Å². The van der Waals surface area contributed by atoms with Gasteiger partial charge < -0.3 is 0 Å². The third-order valence-corrected chi connectivity index (χ3v) is 8.49. The lowest BCUT2D eigenvalue weighted by molar-refractivity contribution is -0.116. The minimum atomic E-state index is -0.663. The second-order valence-corrected chi connectivity index (χ2v) is 11.1. The molecule has 0 radical (unpaired) electrons. The minimum absolute atomic E-state index is 0.00526. The Morgan fingerprint density at radius 3 is 1.90 bits per heavy atom. The third-order valence-electron chi connectivity index (χ3n) is 6.08. The molecule has 0 atom stereocenters. The van der Waals surface area contributed by atoms with Crippen molar-refractivity contribution in [2.45, 2.75) is 40.5 Å². The van der Waals surface area contributed by atoms with Crippen molar-refractivity contribution >= 4 is 35.2 Å². The highest BCUT2D eigenvalue weighted by Gasteiger charge is 2.33. The highest BCUT2D eigenvalue weighted by molar-refractivity contribution is 7.79. The SMILES string of the molecule is CC1=C(c2cc(C)cc(P(c3ccccc3)c3ccccc3)c2)C(C)(C)CCC1=O. The Labute approximate surface area is 181 Å². The fourth-order valence-electron chi connectivity index (χ4n) is 4.63. The van der Waals surface area contributed by atoms with Gasteiger partial charge in [0, 0.05) is 6.42 Å². The van der Waals surface area contributed by atoms with Gasteiger partial charge in [-0.05, 0) is 77.9 Å². The number of ketones is 1. The average Bonchev–Trinajstić information content (AvgIpc) is 2.72. The van der Waals surface area contributed by atoms with Gasteiger partial charge in [0.25, 0.3) is 0 Å². The first-order chi connectivity index (χ1) is 14.4. The van der Waals surface area contributed by atoms with Crippen LogP contribution in [0, 0.1) is 12.3 Å². The summed E-state index contributed by atoms with van der Waals surface area (Å²) in [6.07, 6.45) is 1.57. The van der Waals surface area contributed by atoms with Crippen LogP contribution >= 0.6 is 7.92 Å². The molecular weight excluding hydrogens is 383 g/mol. The molecular formula is C28H29OP. The van der Waals surface area contributed by atoms with Crippen LogP contribution in [-0.4, -0.2) is 5.78 Å². The first kappa shape index (κ1) is 20.8. The van der Waals surface area contributed by atoms with E-state index < -0.39 is 7.92 Å². The number of hydrogen-bond acceptors (Lipinski definition) is 1. The lowest BCUT2D eigenvalue weighted by Gasteiger charge is -2.34. The van der Waals surface area contributed by atoms with Crippen LogP contribution in [0.15, 0.2) is 84.4 Å². The van der Waals surface area contributed by atoms with Crippen molar-refractivity contribution < 1.29 is 4.79 Å². The summed E-state index contributed by atoms with van der Waals surface area (Å²) in [5.74, 6) is 0.292. The molecule has 1 nitrogen and oxygen atoms in total. The normalized spacial score (nSPS) is 16.2. The van der Waals surface area contributed by atoms with Gasteiger partial charge in [0.1, 0.15) is 0 Å². The summed E-state index contributed by atoms with van der Waals surface area (Å²) >= 11 is 0. The molecule has 2 heteroatoms. The molecule has 0 saturated heterocycles. The zero-order valence-corrected chi connectivity index (χ0v) is 19.2. The Morgan fingerprint density at radius 1 is 0.767 bits per heavy atom. The maximum Gasteiger partial charge on any atom is 0.158 e. The van der Waals surface area contributed by atoms with Crippen molar-refractivity contribution in [3.63, 3.8) is 0 Å². The Morgan fingerprint density at radius 2 is 1.33 bits per heavy atom. The van der Waals surface area contributed by atoms with Gasteiger partial charge in [-0.2, -0.15) is 0 Å².